The van der Waals surface area contributed by atoms with Gasteiger partial charge in [-0.3, -0.25) is 15.4 Å². The summed E-state index contributed by atoms with van der Waals surface area (Å²) in [6.07, 6.45) is 1.50. The van der Waals surface area contributed by atoms with Crippen molar-refractivity contribution in [3.63, 3.8) is 0 Å². The Balaban J connectivity index is 1.58. The summed E-state index contributed by atoms with van der Waals surface area (Å²) in [4.78, 5) is 36.9. The zero-order valence-electron chi connectivity index (χ0n) is 20.9. The summed E-state index contributed by atoms with van der Waals surface area (Å²) in [6.45, 7) is 0. The van der Waals surface area contributed by atoms with Gasteiger partial charge in [-0.1, -0.05) is 54.1 Å². The van der Waals surface area contributed by atoms with Crippen molar-refractivity contribution in [1.29, 1.82) is 0 Å². The molecule has 3 N–H and O–H groups in total. The third-order valence-corrected chi connectivity index (χ3v) is 6.15. The van der Waals surface area contributed by atoms with Crippen LogP contribution in [0.25, 0.3) is 0 Å². The molecular formula is C27H26ClN7O4. The number of amides is 2. The number of ether oxygens (including phenoxy) is 1. The number of benzene rings is 3. The number of tetrazole rings is 1. The Hall–Kier alpha value is -4.61. The van der Waals surface area contributed by atoms with Crippen molar-refractivity contribution in [2.75, 3.05) is 12.4 Å². The number of nitrogens with zero attached hydrogens (tertiary/aromatic N) is 4. The van der Waals surface area contributed by atoms with Crippen LogP contribution >= 0.6 is 11.6 Å². The van der Waals surface area contributed by atoms with Crippen molar-refractivity contribution in [3.8, 4) is 0 Å². The molecule has 11 nitrogen and oxygen atoms in total. The molecule has 1 aromatic heterocycles. The number of hydrogen-bond donors (Lipinski definition) is 3. The summed E-state index contributed by atoms with van der Waals surface area (Å²) in [6, 6.07) is 21.3. The Morgan fingerprint density at radius 2 is 1.82 bits per heavy atom. The molecule has 0 bridgehead atoms. The van der Waals surface area contributed by atoms with E-state index in [0.29, 0.717) is 29.0 Å². The van der Waals surface area contributed by atoms with E-state index in [1.165, 1.54) is 25.6 Å². The zero-order valence-corrected chi connectivity index (χ0v) is 21.7. The van der Waals surface area contributed by atoms with E-state index in [1.54, 1.807) is 22.9 Å². The van der Waals surface area contributed by atoms with Crippen LogP contribution in [-0.4, -0.2) is 51.6 Å². The van der Waals surface area contributed by atoms with Gasteiger partial charge in [0, 0.05) is 22.7 Å². The summed E-state index contributed by atoms with van der Waals surface area (Å²) >= 11 is 6.20. The van der Waals surface area contributed by atoms with E-state index in [4.69, 9.17) is 11.6 Å². The van der Waals surface area contributed by atoms with Crippen molar-refractivity contribution in [2.24, 2.45) is 0 Å². The van der Waals surface area contributed by atoms with E-state index in [0.717, 1.165) is 11.1 Å². The van der Waals surface area contributed by atoms with E-state index in [-0.39, 0.29) is 0 Å². The number of hydrogen-bond acceptors (Lipinski definition) is 8. The topological polar surface area (TPSA) is 140 Å². The van der Waals surface area contributed by atoms with Crippen LogP contribution in [0.3, 0.4) is 0 Å². The van der Waals surface area contributed by atoms with Gasteiger partial charge in [0.15, 0.2) is 0 Å². The fourth-order valence-corrected chi connectivity index (χ4v) is 4.22. The molecule has 0 spiro atoms. The third kappa shape index (κ3) is 7.46. The highest BCUT2D eigenvalue weighted by Gasteiger charge is 2.28. The molecule has 0 radical (unpaired) electrons. The summed E-state index contributed by atoms with van der Waals surface area (Å²) in [5.74, 6) is -0.465. The highest BCUT2D eigenvalue weighted by Crippen LogP contribution is 2.23. The van der Waals surface area contributed by atoms with Gasteiger partial charge in [-0.15, -0.1) is 5.10 Å². The summed E-state index contributed by atoms with van der Waals surface area (Å²) < 4.78 is 6.12. The molecule has 3 atom stereocenters. The van der Waals surface area contributed by atoms with E-state index >= 15 is 0 Å². The Morgan fingerprint density at radius 1 is 1.05 bits per heavy atom. The van der Waals surface area contributed by atoms with Gasteiger partial charge in [0.05, 0.1) is 13.2 Å². The summed E-state index contributed by atoms with van der Waals surface area (Å²) in [7, 11) is 1.26. The number of carbonyl (C=O) groups is 3. The maximum absolute atomic E-state index is 13.1. The lowest BCUT2D eigenvalue weighted by Crippen LogP contribution is -2.47. The van der Waals surface area contributed by atoms with Crippen molar-refractivity contribution in [3.05, 3.63) is 107 Å². The van der Waals surface area contributed by atoms with Crippen molar-refractivity contribution < 1.29 is 19.1 Å². The first-order chi connectivity index (χ1) is 19.0. The Labute approximate surface area is 229 Å². The molecule has 4 aromatic rings. The molecule has 0 saturated carbocycles. The number of anilines is 1. The third-order valence-electron chi connectivity index (χ3n) is 5.92. The van der Waals surface area contributed by atoms with Gasteiger partial charge in [-0.05, 0) is 58.0 Å². The number of rotatable bonds is 11. The molecule has 0 aliphatic rings. The fraction of sp³-hybridized carbons (Fsp3) is 0.185. The Morgan fingerprint density at radius 3 is 2.46 bits per heavy atom. The van der Waals surface area contributed by atoms with Gasteiger partial charge >= 0.3 is 6.09 Å². The van der Waals surface area contributed by atoms with E-state index in [2.05, 4.69) is 36.2 Å². The van der Waals surface area contributed by atoms with Crippen molar-refractivity contribution in [1.82, 2.24) is 30.8 Å². The number of nitrogens with one attached hydrogen (secondary N) is 3. The van der Waals surface area contributed by atoms with Crippen LogP contribution in [0, 0.1) is 0 Å². The second-order valence-corrected chi connectivity index (χ2v) is 8.96. The second-order valence-electron chi connectivity index (χ2n) is 8.52. The zero-order chi connectivity index (χ0) is 27.6. The lowest BCUT2D eigenvalue weighted by Gasteiger charge is -2.30. The predicted octanol–water partition coefficient (Wildman–Crippen LogP) is 3.57. The molecular weight excluding hydrogens is 522 g/mol. The quantitative estimate of drug-likeness (QED) is 0.242. The van der Waals surface area contributed by atoms with Gasteiger partial charge < -0.3 is 14.8 Å². The molecule has 0 aliphatic carbocycles. The molecule has 3 unspecified atom stereocenters. The molecule has 4 rings (SSSR count). The molecule has 0 saturated heterocycles. The molecule has 1 heterocycles. The number of halogens is 1. The SMILES string of the molecule is COC(=O)Nc1ccc(C(=O)NC(C=O)C(NC(Cc2cccc(Cl)c2)n2cnnn2)c2ccccc2)cc1. The first-order valence-corrected chi connectivity index (χ1v) is 12.3. The summed E-state index contributed by atoms with van der Waals surface area (Å²) in [5, 5.41) is 21.0. The van der Waals surface area contributed by atoms with E-state index in [1.807, 2.05) is 48.5 Å². The standard InChI is InChI=1S/C27H26ClN7O4/c1-39-27(38)30-22-12-10-20(11-13-22)26(37)31-23(16-36)25(19-7-3-2-4-8-19)32-24(35-17-29-33-34-35)15-18-6-5-9-21(28)14-18/h2-14,16-17,23-25,32H,15H2,1H3,(H,30,38)(H,31,37). The first kappa shape index (κ1) is 27.4. The predicted molar refractivity (Wildman–Crippen MR) is 144 cm³/mol. The van der Waals surface area contributed by atoms with Gasteiger partial charge in [-0.25, -0.2) is 9.48 Å². The minimum atomic E-state index is -0.953. The van der Waals surface area contributed by atoms with Crippen molar-refractivity contribution in [2.45, 2.75) is 24.7 Å². The Kier molecular flexibility index (Phi) is 9.33. The monoisotopic (exact) mass is 547 g/mol. The van der Waals surface area contributed by atoms with E-state index in [9.17, 15) is 14.4 Å². The second kappa shape index (κ2) is 13.3. The van der Waals surface area contributed by atoms with Gasteiger partial charge in [0.2, 0.25) is 0 Å². The molecule has 12 heteroatoms. The molecule has 3 aromatic carbocycles. The lowest BCUT2D eigenvalue weighted by atomic mass is 9.98. The average molecular weight is 548 g/mol. The summed E-state index contributed by atoms with van der Waals surface area (Å²) in [5.41, 5.74) is 2.46. The van der Waals surface area contributed by atoms with Crippen LogP contribution in [0.15, 0.2) is 85.2 Å². The molecule has 0 aliphatic heterocycles. The van der Waals surface area contributed by atoms with E-state index < -0.39 is 30.2 Å². The highest BCUT2D eigenvalue weighted by atomic mass is 35.5. The van der Waals surface area contributed by atoms with Gasteiger partial charge in [0.1, 0.15) is 24.8 Å². The number of carbonyl (C=O) groups excluding carboxylic acids is 3. The molecule has 0 fully saturated rings. The fourth-order valence-electron chi connectivity index (χ4n) is 4.01. The minimum Gasteiger partial charge on any atom is -0.453 e. The lowest BCUT2D eigenvalue weighted by molar-refractivity contribution is -0.110. The van der Waals surface area contributed by atoms with Crippen molar-refractivity contribution >= 4 is 35.6 Å². The van der Waals surface area contributed by atoms with Crippen LogP contribution in [0.1, 0.15) is 33.7 Å². The maximum atomic E-state index is 13.1. The smallest absolute Gasteiger partial charge is 0.411 e. The number of methoxy groups -OCH3 is 1. The Bertz CT molecular complexity index is 1390. The molecule has 39 heavy (non-hydrogen) atoms. The van der Waals surface area contributed by atoms with Crippen LogP contribution < -0.4 is 16.0 Å². The molecule has 2 amide bonds. The largest absolute Gasteiger partial charge is 0.453 e. The van der Waals surface area contributed by atoms with Crippen LogP contribution in [0.4, 0.5) is 10.5 Å². The minimum absolute atomic E-state index is 0.306. The normalized spacial score (nSPS) is 13.1. The maximum Gasteiger partial charge on any atom is 0.411 e. The average Bonchev–Trinajstić information content (AvgIpc) is 3.50. The van der Waals surface area contributed by atoms with Crippen LogP contribution in [0.5, 0.6) is 0 Å². The van der Waals surface area contributed by atoms with Gasteiger partial charge in [0.25, 0.3) is 5.91 Å². The van der Waals surface area contributed by atoms with Crippen LogP contribution in [-0.2, 0) is 16.0 Å². The highest BCUT2D eigenvalue weighted by molar-refractivity contribution is 6.30. The number of aldehydes is 1. The first-order valence-electron chi connectivity index (χ1n) is 12.0. The number of aromatic nitrogens is 4. The van der Waals surface area contributed by atoms with Crippen LogP contribution in [0.2, 0.25) is 5.02 Å². The van der Waals surface area contributed by atoms with Gasteiger partial charge in [-0.2, -0.15) is 0 Å². The molecule has 200 valence electrons.